The number of nitrogens with zero attached hydrogens (tertiary/aromatic N) is 5. The second kappa shape index (κ2) is 13.8. The number of carboxylic acids is 1. The summed E-state index contributed by atoms with van der Waals surface area (Å²) < 4.78 is 16.5. The topological polar surface area (TPSA) is 221 Å². The number of anilines is 1. The Bertz CT molecular complexity index is 1140. The van der Waals surface area contributed by atoms with Crippen LogP contribution in [0.25, 0.3) is 0 Å². The van der Waals surface area contributed by atoms with Crippen LogP contribution in [0.1, 0.15) is 5.82 Å². The number of allylic oxidation sites excluding steroid dienone is 1. The molecule has 0 unspecified atom stereocenters. The van der Waals surface area contributed by atoms with Crippen molar-refractivity contribution in [2.75, 3.05) is 64.3 Å². The number of fused-ring (bicyclic) bond motifs is 1. The van der Waals surface area contributed by atoms with Gasteiger partial charge in [0.15, 0.2) is 5.13 Å². The van der Waals surface area contributed by atoms with Crippen molar-refractivity contribution in [2.24, 2.45) is 5.16 Å². The number of nitrogens with one attached hydrogen (secondary N) is 1. The predicted molar refractivity (Wildman–Crippen MR) is 138 cm³/mol. The third kappa shape index (κ3) is 6.89. The maximum atomic E-state index is 13.0. The second-order valence-electron chi connectivity index (χ2n) is 8.44. The van der Waals surface area contributed by atoms with Gasteiger partial charge in [0, 0.05) is 17.3 Å². The molecular formula is C21H29FN7O8S2+. The standard InChI is InChI=1S/C21H28FN7O8S2/c22-11-37-26-13(16-25-21(23)39-27-16)17(33)24-14-18(34)28-15(20(35)36)12(10-38-19(14)28)2-1-3-29(4-7-30,5-8-31)6-9-32/h1-2,14,19,30-32H,3-11H2,(H3-,23,24,25,27,33,35,36)/p+1/b2-1+,26-13-/t14-,19-/m1/s1. The number of carboxylic acid groups (broad SMARTS) is 1. The Hall–Kier alpha value is -3.16. The van der Waals surface area contributed by atoms with Gasteiger partial charge in [-0.15, -0.1) is 11.8 Å². The summed E-state index contributed by atoms with van der Waals surface area (Å²) in [5.74, 6) is -2.96. The number of quaternary nitrogens is 1. The van der Waals surface area contributed by atoms with E-state index in [1.54, 1.807) is 12.2 Å². The third-order valence-corrected chi connectivity index (χ3v) is 7.94. The van der Waals surface area contributed by atoms with Crippen molar-refractivity contribution in [3.8, 4) is 0 Å². The molecular weight excluding hydrogens is 561 g/mol. The SMILES string of the molecule is Nc1nc(/C(=N/OCF)C(=O)N[C@@H]2C(=O)N3C(C(=O)O)=C(/C=C/C[N+](CCO)(CCO)CCO)CS[C@H]23)ns1. The van der Waals surface area contributed by atoms with Gasteiger partial charge in [0.1, 0.15) is 36.7 Å². The van der Waals surface area contributed by atoms with E-state index in [1.165, 1.54) is 11.8 Å². The number of rotatable bonds is 15. The molecule has 0 bridgehead atoms. The van der Waals surface area contributed by atoms with Gasteiger partial charge in [-0.2, -0.15) is 9.36 Å². The molecule has 0 radical (unpaired) electrons. The minimum absolute atomic E-state index is 0.0245. The lowest BCUT2D eigenvalue weighted by Gasteiger charge is -2.49. The summed E-state index contributed by atoms with van der Waals surface area (Å²) in [5, 5.41) is 43.3. The summed E-state index contributed by atoms with van der Waals surface area (Å²) in [6.45, 7) is -0.672. The van der Waals surface area contributed by atoms with E-state index in [9.17, 15) is 39.2 Å². The fraction of sp³-hybridized carbons (Fsp3) is 0.524. The Labute approximate surface area is 230 Å². The maximum Gasteiger partial charge on any atom is 0.352 e. The van der Waals surface area contributed by atoms with Crippen LogP contribution in [-0.4, -0.2) is 133 Å². The van der Waals surface area contributed by atoms with E-state index in [-0.39, 0.29) is 66.3 Å². The van der Waals surface area contributed by atoms with E-state index in [1.807, 2.05) is 0 Å². The van der Waals surface area contributed by atoms with Crippen LogP contribution in [0.2, 0.25) is 0 Å². The minimum atomic E-state index is -1.33. The first-order valence-corrected chi connectivity index (χ1v) is 13.5. The maximum absolute atomic E-state index is 13.0. The number of aliphatic carboxylic acids is 1. The number of β-lactam (4-membered cyclic amide) rings is 1. The van der Waals surface area contributed by atoms with Crippen molar-refractivity contribution in [1.29, 1.82) is 0 Å². The zero-order valence-electron chi connectivity index (χ0n) is 20.6. The van der Waals surface area contributed by atoms with Crippen LogP contribution in [0.15, 0.2) is 28.6 Å². The molecule has 7 N–H and O–H groups in total. The fourth-order valence-electron chi connectivity index (χ4n) is 4.25. The normalized spacial score (nSPS) is 19.7. The first-order chi connectivity index (χ1) is 18.7. The highest BCUT2D eigenvalue weighted by Crippen LogP contribution is 2.40. The monoisotopic (exact) mass is 590 g/mol. The first-order valence-electron chi connectivity index (χ1n) is 11.6. The molecule has 2 amide bonds. The lowest BCUT2D eigenvalue weighted by atomic mass is 10.0. The Morgan fingerprint density at radius 3 is 2.46 bits per heavy atom. The molecule has 0 spiro atoms. The number of carbonyl (C=O) groups excluding carboxylic acids is 2. The molecule has 0 saturated carbocycles. The van der Waals surface area contributed by atoms with Gasteiger partial charge in [0.2, 0.25) is 11.5 Å². The molecule has 3 rings (SSSR count). The zero-order chi connectivity index (χ0) is 28.6. The number of hydrogen-bond acceptors (Lipinski definition) is 13. The number of nitrogen functional groups attached to an aromatic ring is 1. The van der Waals surface area contributed by atoms with Crippen LogP contribution >= 0.6 is 23.3 Å². The van der Waals surface area contributed by atoms with Crippen molar-refractivity contribution in [3.63, 3.8) is 0 Å². The van der Waals surface area contributed by atoms with Gasteiger partial charge in [-0.25, -0.2) is 9.18 Å². The molecule has 1 fully saturated rings. The molecule has 0 aliphatic carbocycles. The zero-order valence-corrected chi connectivity index (χ0v) is 22.2. The number of aliphatic hydroxyl groups is 3. The molecule has 1 saturated heterocycles. The van der Waals surface area contributed by atoms with E-state index in [0.29, 0.717) is 12.1 Å². The third-order valence-electron chi connectivity index (χ3n) is 6.09. The van der Waals surface area contributed by atoms with E-state index >= 15 is 0 Å². The summed E-state index contributed by atoms with van der Waals surface area (Å²) in [4.78, 5) is 47.1. The smallest absolute Gasteiger partial charge is 0.352 e. The molecule has 1 aromatic heterocycles. The molecule has 0 aromatic carbocycles. The van der Waals surface area contributed by atoms with Crippen molar-refractivity contribution >= 4 is 51.9 Å². The molecule has 18 heteroatoms. The van der Waals surface area contributed by atoms with E-state index in [2.05, 4.69) is 24.7 Å². The van der Waals surface area contributed by atoms with Gasteiger partial charge in [-0.1, -0.05) is 11.2 Å². The molecule has 2 atom stereocenters. The molecule has 15 nitrogen and oxygen atoms in total. The van der Waals surface area contributed by atoms with Gasteiger partial charge in [-0.3, -0.25) is 14.5 Å². The van der Waals surface area contributed by atoms with Gasteiger partial charge >= 0.3 is 5.97 Å². The number of carbonyl (C=O) groups is 3. The van der Waals surface area contributed by atoms with Crippen molar-refractivity contribution in [1.82, 2.24) is 19.6 Å². The van der Waals surface area contributed by atoms with E-state index in [4.69, 9.17) is 5.73 Å². The lowest BCUT2D eigenvalue weighted by Crippen LogP contribution is -2.71. The van der Waals surface area contributed by atoms with Crippen LogP contribution in [0.3, 0.4) is 0 Å². The average Bonchev–Trinajstić information content (AvgIpc) is 3.33. The predicted octanol–water partition coefficient (Wildman–Crippen LogP) is -2.14. The number of aromatic nitrogens is 2. The summed E-state index contributed by atoms with van der Waals surface area (Å²) in [6, 6.07) is -1.10. The number of thioether (sulfide) groups is 1. The Balaban J connectivity index is 1.77. The van der Waals surface area contributed by atoms with Crippen LogP contribution in [-0.2, 0) is 19.2 Å². The van der Waals surface area contributed by atoms with E-state index < -0.39 is 41.8 Å². The number of hydrogen-bond donors (Lipinski definition) is 6. The Morgan fingerprint density at radius 2 is 1.92 bits per heavy atom. The average molecular weight is 591 g/mol. The minimum Gasteiger partial charge on any atom is -0.477 e. The number of halogens is 1. The van der Waals surface area contributed by atoms with Crippen LogP contribution < -0.4 is 11.1 Å². The highest BCUT2D eigenvalue weighted by atomic mass is 32.2. The van der Waals surface area contributed by atoms with Gasteiger partial charge in [0.05, 0.1) is 26.4 Å². The Kier molecular flexibility index (Phi) is 10.7. The number of aliphatic hydroxyl groups excluding tert-OH is 3. The second-order valence-corrected chi connectivity index (χ2v) is 10.3. The number of oxime groups is 1. The summed E-state index contributed by atoms with van der Waals surface area (Å²) in [5.41, 5.74) is 5.15. The van der Waals surface area contributed by atoms with Crippen molar-refractivity contribution in [3.05, 3.63) is 29.2 Å². The fourth-order valence-corrected chi connectivity index (χ4v) is 6.00. The van der Waals surface area contributed by atoms with Crippen LogP contribution in [0.4, 0.5) is 9.52 Å². The summed E-state index contributed by atoms with van der Waals surface area (Å²) in [7, 11) is 0. The van der Waals surface area contributed by atoms with Crippen LogP contribution in [0.5, 0.6) is 0 Å². The van der Waals surface area contributed by atoms with Gasteiger partial charge in [-0.05, 0) is 11.6 Å². The van der Waals surface area contributed by atoms with Gasteiger partial charge in [0.25, 0.3) is 18.7 Å². The molecule has 214 valence electrons. The van der Waals surface area contributed by atoms with Crippen molar-refractivity contribution in [2.45, 2.75) is 11.4 Å². The number of alkyl halides is 1. The molecule has 39 heavy (non-hydrogen) atoms. The number of nitrogens with two attached hydrogens (primary N) is 1. The highest BCUT2D eigenvalue weighted by Gasteiger charge is 2.54. The first kappa shape index (κ1) is 30.4. The molecule has 1 aromatic rings. The number of amides is 2. The molecule has 2 aliphatic heterocycles. The summed E-state index contributed by atoms with van der Waals surface area (Å²) in [6.07, 6.45) is 3.26. The van der Waals surface area contributed by atoms with Crippen molar-refractivity contribution < 1.29 is 48.5 Å². The summed E-state index contributed by atoms with van der Waals surface area (Å²) >= 11 is 2.00. The lowest BCUT2D eigenvalue weighted by molar-refractivity contribution is -0.923. The van der Waals surface area contributed by atoms with Crippen LogP contribution in [0, 0.1) is 0 Å². The largest absolute Gasteiger partial charge is 0.477 e. The van der Waals surface area contributed by atoms with E-state index in [0.717, 1.165) is 16.4 Å². The Morgan fingerprint density at radius 1 is 1.26 bits per heavy atom. The van der Waals surface area contributed by atoms with Gasteiger partial charge < -0.3 is 40.8 Å². The molecule has 3 heterocycles. The molecule has 2 aliphatic rings. The quantitative estimate of drug-likeness (QED) is 0.0557. The highest BCUT2D eigenvalue weighted by molar-refractivity contribution is 8.00.